The first-order valence-electron chi connectivity index (χ1n) is 9.70. The fraction of sp³-hybridized carbons (Fsp3) is 0.409. The Kier molecular flexibility index (Phi) is 5.30. The molecule has 0 unspecified atom stereocenters. The van der Waals surface area contributed by atoms with Gasteiger partial charge in [0.05, 0.1) is 0 Å². The largest absolute Gasteiger partial charge is 0.454 e. The second kappa shape index (κ2) is 8.01. The van der Waals surface area contributed by atoms with Crippen molar-refractivity contribution in [3.05, 3.63) is 53.6 Å². The number of nitrogens with one attached hydrogen (secondary N) is 1. The normalized spacial score (nSPS) is 16.5. The van der Waals surface area contributed by atoms with Crippen LogP contribution in [0.4, 0.5) is 5.69 Å². The lowest BCUT2D eigenvalue weighted by Gasteiger charge is -2.31. The molecule has 2 aromatic carbocycles. The van der Waals surface area contributed by atoms with E-state index in [4.69, 9.17) is 9.47 Å². The Hall–Kier alpha value is -2.53. The number of benzene rings is 2. The van der Waals surface area contributed by atoms with Crippen molar-refractivity contribution in [2.75, 3.05) is 19.2 Å². The molecule has 2 aromatic rings. The van der Waals surface area contributed by atoms with Gasteiger partial charge in [-0.3, -0.25) is 9.69 Å². The number of rotatable bonds is 5. The first-order chi connectivity index (χ1) is 13.2. The summed E-state index contributed by atoms with van der Waals surface area (Å²) in [7, 11) is 2.19. The molecule has 0 saturated heterocycles. The number of nitrogens with zero attached hydrogens (tertiary/aromatic N) is 1. The zero-order chi connectivity index (χ0) is 18.6. The van der Waals surface area contributed by atoms with Crippen LogP contribution >= 0.6 is 0 Å². The summed E-state index contributed by atoms with van der Waals surface area (Å²) in [6.45, 7) is 1.04. The number of hydrogen-bond acceptors (Lipinski definition) is 4. The highest BCUT2D eigenvalue weighted by Gasteiger charge is 2.20. The van der Waals surface area contributed by atoms with Crippen LogP contribution in [0, 0.1) is 0 Å². The van der Waals surface area contributed by atoms with Crippen molar-refractivity contribution >= 4 is 11.6 Å². The van der Waals surface area contributed by atoms with Crippen LogP contribution in [0.25, 0.3) is 0 Å². The lowest BCUT2D eigenvalue weighted by Crippen LogP contribution is -2.33. The molecule has 1 amide bonds. The van der Waals surface area contributed by atoms with Crippen LogP contribution in [0.15, 0.2) is 42.5 Å². The van der Waals surface area contributed by atoms with Gasteiger partial charge < -0.3 is 14.8 Å². The Morgan fingerprint density at radius 2 is 1.85 bits per heavy atom. The molecular weight excluding hydrogens is 340 g/mol. The molecule has 5 nitrogen and oxygen atoms in total. The van der Waals surface area contributed by atoms with Crippen molar-refractivity contribution in [1.29, 1.82) is 0 Å². The van der Waals surface area contributed by atoms with E-state index in [9.17, 15) is 4.79 Å². The fourth-order valence-electron chi connectivity index (χ4n) is 3.93. The standard InChI is InChI=1S/C22H26N2O3/c1-24(18-8-3-2-4-9-18)14-17-7-5-6-10-19(17)23-22(25)16-11-12-20-21(13-16)27-15-26-20/h5-7,10-13,18H,2-4,8-9,14-15H2,1H3,(H,23,25). The predicted molar refractivity (Wildman–Crippen MR) is 105 cm³/mol. The second-order valence-corrected chi connectivity index (χ2v) is 7.39. The maximum atomic E-state index is 12.7. The SMILES string of the molecule is CN(Cc1ccccc1NC(=O)c1ccc2c(c1)OCO2)C1CCCCC1. The predicted octanol–water partition coefficient (Wildman–Crippen LogP) is 4.43. The third-order valence-electron chi connectivity index (χ3n) is 5.52. The van der Waals surface area contributed by atoms with Gasteiger partial charge in [0.25, 0.3) is 5.91 Å². The van der Waals surface area contributed by atoms with Gasteiger partial charge in [0.2, 0.25) is 6.79 Å². The molecule has 1 fully saturated rings. The molecule has 1 aliphatic heterocycles. The van der Waals surface area contributed by atoms with Crippen molar-refractivity contribution in [2.45, 2.75) is 44.7 Å². The van der Waals surface area contributed by atoms with Crippen LogP contribution in [0.3, 0.4) is 0 Å². The van der Waals surface area contributed by atoms with Crippen LogP contribution in [0.2, 0.25) is 0 Å². The third-order valence-corrected chi connectivity index (χ3v) is 5.52. The van der Waals surface area contributed by atoms with Crippen molar-refractivity contribution < 1.29 is 14.3 Å². The van der Waals surface area contributed by atoms with Crippen LogP contribution in [-0.4, -0.2) is 30.7 Å². The molecule has 1 N–H and O–H groups in total. The highest BCUT2D eigenvalue weighted by molar-refractivity contribution is 6.05. The molecule has 0 bridgehead atoms. The molecule has 4 rings (SSSR count). The summed E-state index contributed by atoms with van der Waals surface area (Å²) >= 11 is 0. The molecular formula is C22H26N2O3. The number of para-hydroxylation sites is 1. The lowest BCUT2D eigenvalue weighted by molar-refractivity contribution is 0.102. The summed E-state index contributed by atoms with van der Waals surface area (Å²) in [6.07, 6.45) is 6.52. The van der Waals surface area contributed by atoms with Crippen LogP contribution in [0.1, 0.15) is 48.0 Å². The lowest BCUT2D eigenvalue weighted by atomic mass is 9.94. The molecule has 0 atom stereocenters. The number of ether oxygens (including phenoxy) is 2. The maximum absolute atomic E-state index is 12.7. The van der Waals surface area contributed by atoms with E-state index in [0.29, 0.717) is 23.1 Å². The van der Waals surface area contributed by atoms with E-state index < -0.39 is 0 Å². The number of carbonyl (C=O) groups is 1. The zero-order valence-electron chi connectivity index (χ0n) is 15.7. The van der Waals surface area contributed by atoms with Gasteiger partial charge in [-0.25, -0.2) is 0 Å². The Bertz CT molecular complexity index is 815. The molecule has 0 radical (unpaired) electrons. The van der Waals surface area contributed by atoms with E-state index >= 15 is 0 Å². The molecule has 5 heteroatoms. The van der Waals surface area contributed by atoms with Crippen LogP contribution < -0.4 is 14.8 Å². The molecule has 1 saturated carbocycles. The first kappa shape index (κ1) is 17.9. The van der Waals surface area contributed by atoms with Crippen molar-refractivity contribution in [3.8, 4) is 11.5 Å². The van der Waals surface area contributed by atoms with Gasteiger partial charge in [0.15, 0.2) is 11.5 Å². The summed E-state index contributed by atoms with van der Waals surface area (Å²) in [6, 6.07) is 14.0. The quantitative estimate of drug-likeness (QED) is 0.850. The summed E-state index contributed by atoms with van der Waals surface area (Å²) in [5, 5.41) is 3.06. The Balaban J connectivity index is 1.46. The number of hydrogen-bond donors (Lipinski definition) is 1. The van der Waals surface area contributed by atoms with Crippen molar-refractivity contribution in [2.24, 2.45) is 0 Å². The molecule has 142 valence electrons. The van der Waals surface area contributed by atoms with Crippen molar-refractivity contribution in [1.82, 2.24) is 4.90 Å². The molecule has 27 heavy (non-hydrogen) atoms. The van der Waals surface area contributed by atoms with Crippen LogP contribution in [0.5, 0.6) is 11.5 Å². The van der Waals surface area contributed by atoms with E-state index in [-0.39, 0.29) is 12.7 Å². The second-order valence-electron chi connectivity index (χ2n) is 7.39. The van der Waals surface area contributed by atoms with Crippen LogP contribution in [-0.2, 0) is 6.54 Å². The third kappa shape index (κ3) is 4.08. The van der Waals surface area contributed by atoms with E-state index in [2.05, 4.69) is 23.3 Å². The Morgan fingerprint density at radius 1 is 1.07 bits per heavy atom. The van der Waals surface area contributed by atoms with Gasteiger partial charge in [-0.2, -0.15) is 0 Å². The van der Waals surface area contributed by atoms with E-state index in [0.717, 1.165) is 17.8 Å². The number of fused-ring (bicyclic) bond motifs is 1. The topological polar surface area (TPSA) is 50.8 Å². The molecule has 1 aliphatic carbocycles. The highest BCUT2D eigenvalue weighted by atomic mass is 16.7. The number of carbonyl (C=O) groups excluding carboxylic acids is 1. The van der Waals surface area contributed by atoms with Gasteiger partial charge >= 0.3 is 0 Å². The highest BCUT2D eigenvalue weighted by Crippen LogP contribution is 2.33. The van der Waals surface area contributed by atoms with Gasteiger partial charge in [-0.1, -0.05) is 37.5 Å². The van der Waals surface area contributed by atoms with Gasteiger partial charge in [0, 0.05) is 23.8 Å². The van der Waals surface area contributed by atoms with Gasteiger partial charge in [-0.05, 0) is 49.7 Å². The van der Waals surface area contributed by atoms with E-state index in [1.54, 1.807) is 18.2 Å². The molecule has 2 aliphatic rings. The summed E-state index contributed by atoms with van der Waals surface area (Å²) in [5.74, 6) is 1.16. The summed E-state index contributed by atoms with van der Waals surface area (Å²) in [5.41, 5.74) is 2.57. The van der Waals surface area contributed by atoms with E-state index in [1.807, 2.05) is 18.2 Å². The minimum absolute atomic E-state index is 0.138. The first-order valence-corrected chi connectivity index (χ1v) is 9.70. The minimum Gasteiger partial charge on any atom is -0.454 e. The number of anilines is 1. The van der Waals surface area contributed by atoms with E-state index in [1.165, 1.54) is 32.1 Å². The smallest absolute Gasteiger partial charge is 0.255 e. The summed E-state index contributed by atoms with van der Waals surface area (Å²) in [4.78, 5) is 15.2. The summed E-state index contributed by atoms with van der Waals surface area (Å²) < 4.78 is 10.7. The maximum Gasteiger partial charge on any atom is 0.255 e. The fourth-order valence-corrected chi connectivity index (χ4v) is 3.93. The van der Waals surface area contributed by atoms with Crippen molar-refractivity contribution in [3.63, 3.8) is 0 Å². The molecule has 0 spiro atoms. The Labute approximate surface area is 160 Å². The van der Waals surface area contributed by atoms with Gasteiger partial charge in [0.1, 0.15) is 0 Å². The monoisotopic (exact) mass is 366 g/mol. The average Bonchev–Trinajstić information content (AvgIpc) is 3.18. The molecule has 0 aromatic heterocycles. The minimum atomic E-state index is -0.138. The number of amides is 1. The molecule has 1 heterocycles. The average molecular weight is 366 g/mol. The van der Waals surface area contributed by atoms with Gasteiger partial charge in [-0.15, -0.1) is 0 Å². The Morgan fingerprint density at radius 3 is 2.70 bits per heavy atom. The zero-order valence-corrected chi connectivity index (χ0v) is 15.7.